The molecule has 0 aliphatic rings. The summed E-state index contributed by atoms with van der Waals surface area (Å²) in [6, 6.07) is 6.54. The average Bonchev–Trinajstić information content (AvgIpc) is 2.51. The standard InChI is InChI=1S/C16H21F3O5S/c1-3-11(2)12-4-6-13(7-5-12)15(20)24-9-8-14(17)16(18,19)10-25(21,22)23/h4-7,11,14H,3,8-10H2,1-2H3,(H,21,22,23)/p-1. The Hall–Kier alpha value is -1.61. The normalized spacial score (nSPS) is 14.8. The van der Waals surface area contributed by atoms with Gasteiger partial charge in [0.25, 0.3) is 5.92 Å². The first-order valence-corrected chi connectivity index (χ1v) is 9.26. The fraction of sp³-hybridized carbons (Fsp3) is 0.562. The second-order valence-corrected chi connectivity index (χ2v) is 7.19. The summed E-state index contributed by atoms with van der Waals surface area (Å²) < 4.78 is 75.5. The maximum absolute atomic E-state index is 13.4. The second-order valence-electron chi connectivity index (χ2n) is 5.79. The maximum atomic E-state index is 13.4. The first kappa shape index (κ1) is 21.4. The third kappa shape index (κ3) is 7.03. The Morgan fingerprint density at radius 2 is 1.84 bits per heavy atom. The molecule has 0 aliphatic heterocycles. The summed E-state index contributed by atoms with van der Waals surface area (Å²) in [5.74, 6) is -6.95. The number of alkyl halides is 3. The summed E-state index contributed by atoms with van der Waals surface area (Å²) in [5, 5.41) is 0. The molecule has 0 aliphatic carbocycles. The van der Waals surface area contributed by atoms with Crippen LogP contribution in [0.4, 0.5) is 13.2 Å². The van der Waals surface area contributed by atoms with Crippen molar-refractivity contribution >= 4 is 16.1 Å². The van der Waals surface area contributed by atoms with Gasteiger partial charge in [0.2, 0.25) is 0 Å². The van der Waals surface area contributed by atoms with Gasteiger partial charge in [-0.1, -0.05) is 26.0 Å². The van der Waals surface area contributed by atoms with E-state index in [1.165, 1.54) is 12.1 Å². The molecule has 0 fully saturated rings. The zero-order chi connectivity index (χ0) is 19.3. The molecule has 2 unspecified atom stereocenters. The van der Waals surface area contributed by atoms with E-state index in [2.05, 4.69) is 0 Å². The number of benzene rings is 1. The van der Waals surface area contributed by atoms with Crippen molar-refractivity contribution in [2.24, 2.45) is 0 Å². The molecular formula is C16H20F3O5S-. The van der Waals surface area contributed by atoms with Crippen LogP contribution < -0.4 is 0 Å². The number of esters is 1. The number of carbonyl (C=O) groups excluding carboxylic acids is 1. The molecule has 0 bridgehead atoms. The Morgan fingerprint density at radius 1 is 1.28 bits per heavy atom. The Bertz CT molecular complexity index is 674. The molecule has 25 heavy (non-hydrogen) atoms. The average molecular weight is 381 g/mol. The smallest absolute Gasteiger partial charge is 0.338 e. The zero-order valence-corrected chi connectivity index (χ0v) is 14.7. The molecular weight excluding hydrogens is 361 g/mol. The van der Waals surface area contributed by atoms with E-state index < -0.39 is 47.0 Å². The first-order chi connectivity index (χ1) is 11.5. The Kier molecular flexibility index (Phi) is 7.43. The molecule has 0 radical (unpaired) electrons. The van der Waals surface area contributed by atoms with E-state index >= 15 is 0 Å². The third-order valence-electron chi connectivity index (χ3n) is 3.76. The molecule has 0 saturated carbocycles. The van der Waals surface area contributed by atoms with E-state index in [9.17, 15) is 30.9 Å². The van der Waals surface area contributed by atoms with Gasteiger partial charge in [0.1, 0.15) is 15.9 Å². The molecule has 1 aromatic carbocycles. The quantitative estimate of drug-likeness (QED) is 0.484. The summed E-state index contributed by atoms with van der Waals surface area (Å²) in [6.45, 7) is 3.38. The van der Waals surface area contributed by atoms with Gasteiger partial charge < -0.3 is 9.29 Å². The number of ether oxygens (including phenoxy) is 1. The minimum atomic E-state index is -5.27. The molecule has 5 nitrogen and oxygen atoms in total. The molecule has 0 aromatic heterocycles. The maximum Gasteiger partial charge on any atom is 0.338 e. The molecule has 142 valence electrons. The Balaban J connectivity index is 2.54. The fourth-order valence-corrected chi connectivity index (χ4v) is 2.71. The lowest BCUT2D eigenvalue weighted by molar-refractivity contribution is -0.0615. The molecule has 0 saturated heterocycles. The van der Waals surface area contributed by atoms with Crippen molar-refractivity contribution in [2.45, 2.75) is 44.7 Å². The summed E-state index contributed by atoms with van der Waals surface area (Å²) in [7, 11) is -5.27. The fourth-order valence-electron chi connectivity index (χ4n) is 2.06. The minimum Gasteiger partial charge on any atom is -0.748 e. The molecule has 0 heterocycles. The van der Waals surface area contributed by atoms with Gasteiger partial charge in [0.15, 0.2) is 6.17 Å². The number of hydrogen-bond donors (Lipinski definition) is 0. The van der Waals surface area contributed by atoms with Crippen molar-refractivity contribution in [3.05, 3.63) is 35.4 Å². The van der Waals surface area contributed by atoms with Gasteiger partial charge >= 0.3 is 5.97 Å². The van der Waals surface area contributed by atoms with Crippen LogP contribution in [0.5, 0.6) is 0 Å². The van der Waals surface area contributed by atoms with E-state index in [4.69, 9.17) is 4.74 Å². The number of halogens is 3. The highest BCUT2D eigenvalue weighted by molar-refractivity contribution is 7.85. The van der Waals surface area contributed by atoms with Crippen molar-refractivity contribution < 1.29 is 35.7 Å². The summed E-state index contributed by atoms with van der Waals surface area (Å²) in [6.07, 6.45) is -2.90. The van der Waals surface area contributed by atoms with E-state index in [1.54, 1.807) is 12.1 Å². The van der Waals surface area contributed by atoms with Crippen molar-refractivity contribution in [3.63, 3.8) is 0 Å². The Labute approximate surface area is 144 Å². The lowest BCUT2D eigenvalue weighted by Crippen LogP contribution is -2.38. The van der Waals surface area contributed by atoms with Crippen LogP contribution in [0.2, 0.25) is 0 Å². The Morgan fingerprint density at radius 3 is 2.32 bits per heavy atom. The van der Waals surface area contributed by atoms with E-state index in [1.807, 2.05) is 13.8 Å². The minimum absolute atomic E-state index is 0.191. The van der Waals surface area contributed by atoms with Gasteiger partial charge in [-0.25, -0.2) is 26.4 Å². The summed E-state index contributed by atoms with van der Waals surface area (Å²) in [4.78, 5) is 11.8. The van der Waals surface area contributed by atoms with Gasteiger partial charge in [-0.2, -0.15) is 0 Å². The lowest BCUT2D eigenvalue weighted by atomic mass is 9.98. The predicted molar refractivity (Wildman–Crippen MR) is 84.5 cm³/mol. The highest BCUT2D eigenvalue weighted by Gasteiger charge is 2.41. The van der Waals surface area contributed by atoms with Gasteiger partial charge in [-0.15, -0.1) is 0 Å². The van der Waals surface area contributed by atoms with Crippen LogP contribution in [0.15, 0.2) is 24.3 Å². The molecule has 9 heteroatoms. The summed E-state index contributed by atoms with van der Waals surface area (Å²) >= 11 is 0. The third-order valence-corrected chi connectivity index (χ3v) is 4.50. The van der Waals surface area contributed by atoms with Crippen LogP contribution in [0.1, 0.15) is 48.5 Å². The molecule has 1 aromatic rings. The predicted octanol–water partition coefficient (Wildman–Crippen LogP) is 3.27. The number of carbonyl (C=O) groups is 1. The van der Waals surface area contributed by atoms with Crippen molar-refractivity contribution in [1.82, 2.24) is 0 Å². The van der Waals surface area contributed by atoms with E-state index in [0.717, 1.165) is 12.0 Å². The molecule has 1 rings (SSSR count). The SMILES string of the molecule is CCC(C)c1ccc(C(=O)OCCC(F)C(F)(F)CS(=O)(=O)[O-])cc1. The highest BCUT2D eigenvalue weighted by atomic mass is 32.2. The van der Waals surface area contributed by atoms with E-state index in [-0.39, 0.29) is 5.56 Å². The van der Waals surface area contributed by atoms with Crippen LogP contribution >= 0.6 is 0 Å². The van der Waals surface area contributed by atoms with Gasteiger partial charge in [0.05, 0.1) is 12.2 Å². The van der Waals surface area contributed by atoms with Crippen LogP contribution in [-0.2, 0) is 14.9 Å². The lowest BCUT2D eigenvalue weighted by Gasteiger charge is -2.21. The van der Waals surface area contributed by atoms with Crippen LogP contribution in [-0.4, -0.2) is 43.4 Å². The largest absolute Gasteiger partial charge is 0.748 e. The van der Waals surface area contributed by atoms with E-state index in [0.29, 0.717) is 5.92 Å². The number of hydrogen-bond acceptors (Lipinski definition) is 5. The van der Waals surface area contributed by atoms with Crippen LogP contribution in [0.25, 0.3) is 0 Å². The van der Waals surface area contributed by atoms with Crippen molar-refractivity contribution in [2.75, 3.05) is 12.4 Å². The molecule has 2 atom stereocenters. The van der Waals surface area contributed by atoms with Gasteiger partial charge in [-0.3, -0.25) is 0 Å². The monoisotopic (exact) mass is 381 g/mol. The summed E-state index contributed by atoms with van der Waals surface area (Å²) in [5.41, 5.74) is 1.22. The zero-order valence-electron chi connectivity index (χ0n) is 13.9. The first-order valence-electron chi connectivity index (χ1n) is 7.69. The topological polar surface area (TPSA) is 83.5 Å². The van der Waals surface area contributed by atoms with Crippen molar-refractivity contribution in [1.29, 1.82) is 0 Å². The van der Waals surface area contributed by atoms with Crippen LogP contribution in [0.3, 0.4) is 0 Å². The molecule has 0 N–H and O–H groups in total. The van der Waals surface area contributed by atoms with Crippen LogP contribution in [0, 0.1) is 0 Å². The molecule has 0 amide bonds. The van der Waals surface area contributed by atoms with Crippen molar-refractivity contribution in [3.8, 4) is 0 Å². The second kappa shape index (κ2) is 8.66. The number of rotatable bonds is 9. The van der Waals surface area contributed by atoms with Gasteiger partial charge in [-0.05, 0) is 30.0 Å². The van der Waals surface area contributed by atoms with Gasteiger partial charge in [0, 0.05) is 6.42 Å². The highest BCUT2D eigenvalue weighted by Crippen LogP contribution is 2.26. The molecule has 0 spiro atoms.